The summed E-state index contributed by atoms with van der Waals surface area (Å²) in [6.07, 6.45) is 4.14. The summed E-state index contributed by atoms with van der Waals surface area (Å²) in [5.74, 6) is -0.201. The lowest BCUT2D eigenvalue weighted by atomic mass is 10.0. The van der Waals surface area contributed by atoms with Crippen LogP contribution in [0.5, 0.6) is 5.75 Å². The average molecular weight is 308 g/mol. The zero-order valence-electron chi connectivity index (χ0n) is 12.6. The lowest BCUT2D eigenvalue weighted by molar-refractivity contribution is -0.133. The van der Waals surface area contributed by atoms with Gasteiger partial charge in [-0.15, -0.1) is 0 Å². The smallest absolute Gasteiger partial charge is 0.279 e. The maximum Gasteiger partial charge on any atom is 0.279 e. The second-order valence-electron chi connectivity index (χ2n) is 5.61. The molecule has 0 aliphatic heterocycles. The SMILES string of the molecule is CC(Oc1ccc(F)cc1)C(=O)NNC(=O)CC1CCCC1. The molecule has 1 fully saturated rings. The van der Waals surface area contributed by atoms with E-state index in [1.165, 1.54) is 37.1 Å². The third-order valence-corrected chi connectivity index (χ3v) is 3.77. The minimum Gasteiger partial charge on any atom is -0.481 e. The number of hydrogen-bond acceptors (Lipinski definition) is 3. The molecule has 1 aromatic rings. The molecule has 1 saturated carbocycles. The number of ether oxygens (including phenoxy) is 1. The van der Waals surface area contributed by atoms with Crippen LogP contribution in [0.4, 0.5) is 4.39 Å². The molecule has 6 heteroatoms. The summed E-state index contributed by atoms with van der Waals surface area (Å²) >= 11 is 0. The Labute approximate surface area is 129 Å². The van der Waals surface area contributed by atoms with Gasteiger partial charge in [0.25, 0.3) is 5.91 Å². The van der Waals surface area contributed by atoms with Gasteiger partial charge in [-0.1, -0.05) is 12.8 Å². The van der Waals surface area contributed by atoms with Crippen molar-refractivity contribution in [2.24, 2.45) is 5.92 Å². The van der Waals surface area contributed by atoms with E-state index in [1.807, 2.05) is 0 Å². The molecular formula is C16H21FN2O3. The quantitative estimate of drug-likeness (QED) is 0.820. The number of benzene rings is 1. The van der Waals surface area contributed by atoms with Gasteiger partial charge in [0.05, 0.1) is 0 Å². The van der Waals surface area contributed by atoms with Crippen LogP contribution in [0.25, 0.3) is 0 Å². The molecule has 5 nitrogen and oxygen atoms in total. The van der Waals surface area contributed by atoms with Crippen LogP contribution < -0.4 is 15.6 Å². The first-order chi connectivity index (χ1) is 10.5. The number of hydrazine groups is 1. The summed E-state index contributed by atoms with van der Waals surface area (Å²) in [6.45, 7) is 1.56. The summed E-state index contributed by atoms with van der Waals surface area (Å²) in [5.41, 5.74) is 4.76. The van der Waals surface area contributed by atoms with Gasteiger partial charge in [-0.05, 0) is 49.9 Å². The summed E-state index contributed by atoms with van der Waals surface area (Å²) in [6, 6.07) is 5.39. The largest absolute Gasteiger partial charge is 0.481 e. The molecular weight excluding hydrogens is 287 g/mol. The van der Waals surface area contributed by atoms with Crippen molar-refractivity contribution in [3.8, 4) is 5.75 Å². The first kappa shape index (κ1) is 16.3. The second-order valence-corrected chi connectivity index (χ2v) is 5.61. The highest BCUT2D eigenvalue weighted by Crippen LogP contribution is 2.27. The number of halogens is 1. The molecule has 2 amide bonds. The van der Waals surface area contributed by atoms with Gasteiger partial charge < -0.3 is 4.74 Å². The molecule has 120 valence electrons. The lowest BCUT2D eigenvalue weighted by Crippen LogP contribution is -2.47. The standard InChI is InChI=1S/C16H21FN2O3/c1-11(22-14-8-6-13(17)7-9-14)16(21)19-18-15(20)10-12-4-2-3-5-12/h6-9,11-12H,2-5,10H2,1H3,(H,18,20)(H,19,21). The van der Waals surface area contributed by atoms with Crippen LogP contribution in [0.1, 0.15) is 39.0 Å². The third-order valence-electron chi connectivity index (χ3n) is 3.77. The van der Waals surface area contributed by atoms with Crippen molar-refractivity contribution in [3.63, 3.8) is 0 Å². The van der Waals surface area contributed by atoms with Gasteiger partial charge in [-0.3, -0.25) is 20.4 Å². The van der Waals surface area contributed by atoms with Crippen molar-refractivity contribution < 1.29 is 18.7 Å². The molecule has 0 aromatic heterocycles. The van der Waals surface area contributed by atoms with E-state index in [-0.39, 0.29) is 11.7 Å². The van der Waals surface area contributed by atoms with Gasteiger partial charge in [0.2, 0.25) is 5.91 Å². The van der Waals surface area contributed by atoms with Crippen molar-refractivity contribution in [2.45, 2.75) is 45.1 Å². The predicted octanol–water partition coefficient (Wildman–Crippen LogP) is 2.32. The maximum absolute atomic E-state index is 12.8. The molecule has 2 N–H and O–H groups in total. The minimum atomic E-state index is -0.794. The van der Waals surface area contributed by atoms with Gasteiger partial charge in [0, 0.05) is 6.42 Å². The number of carbonyl (C=O) groups is 2. The molecule has 0 spiro atoms. The van der Waals surface area contributed by atoms with E-state index in [0.29, 0.717) is 18.1 Å². The van der Waals surface area contributed by atoms with Crippen LogP contribution >= 0.6 is 0 Å². The predicted molar refractivity (Wildman–Crippen MR) is 79.4 cm³/mol. The summed E-state index contributed by atoms with van der Waals surface area (Å²) in [4.78, 5) is 23.5. The molecule has 1 aliphatic rings. The molecule has 0 heterocycles. The van der Waals surface area contributed by atoms with Gasteiger partial charge >= 0.3 is 0 Å². The van der Waals surface area contributed by atoms with E-state index in [2.05, 4.69) is 10.9 Å². The first-order valence-electron chi connectivity index (χ1n) is 7.55. The molecule has 1 unspecified atom stereocenters. The number of nitrogens with one attached hydrogen (secondary N) is 2. The fourth-order valence-corrected chi connectivity index (χ4v) is 2.53. The van der Waals surface area contributed by atoms with Crippen LogP contribution in [0, 0.1) is 11.7 Å². The molecule has 0 radical (unpaired) electrons. The monoisotopic (exact) mass is 308 g/mol. The molecule has 1 aliphatic carbocycles. The third kappa shape index (κ3) is 5.02. The molecule has 1 atom stereocenters. The number of rotatable bonds is 5. The highest BCUT2D eigenvalue weighted by atomic mass is 19.1. The maximum atomic E-state index is 12.8. The van der Waals surface area contributed by atoms with E-state index < -0.39 is 12.0 Å². The number of carbonyl (C=O) groups excluding carboxylic acids is 2. The van der Waals surface area contributed by atoms with E-state index in [1.54, 1.807) is 6.92 Å². The van der Waals surface area contributed by atoms with Gasteiger partial charge in [0.15, 0.2) is 6.10 Å². The van der Waals surface area contributed by atoms with Crippen molar-refractivity contribution >= 4 is 11.8 Å². The Morgan fingerprint density at radius 1 is 1.23 bits per heavy atom. The van der Waals surface area contributed by atoms with Gasteiger partial charge in [-0.25, -0.2) is 4.39 Å². The van der Waals surface area contributed by atoms with Gasteiger partial charge in [0.1, 0.15) is 11.6 Å². The van der Waals surface area contributed by atoms with Crippen LogP contribution in [-0.4, -0.2) is 17.9 Å². The van der Waals surface area contributed by atoms with E-state index in [9.17, 15) is 14.0 Å². The number of amides is 2. The lowest BCUT2D eigenvalue weighted by Gasteiger charge is -2.16. The Morgan fingerprint density at radius 3 is 2.50 bits per heavy atom. The van der Waals surface area contributed by atoms with E-state index >= 15 is 0 Å². The van der Waals surface area contributed by atoms with Crippen molar-refractivity contribution in [3.05, 3.63) is 30.1 Å². The molecule has 0 saturated heterocycles. The zero-order chi connectivity index (χ0) is 15.9. The Bertz CT molecular complexity index is 513. The summed E-state index contributed by atoms with van der Waals surface area (Å²) < 4.78 is 18.1. The summed E-state index contributed by atoms with van der Waals surface area (Å²) in [5, 5.41) is 0. The van der Waals surface area contributed by atoms with Crippen molar-refractivity contribution in [1.82, 2.24) is 10.9 Å². The zero-order valence-corrected chi connectivity index (χ0v) is 12.6. The fourth-order valence-electron chi connectivity index (χ4n) is 2.53. The molecule has 0 bridgehead atoms. The highest BCUT2D eigenvalue weighted by molar-refractivity contribution is 5.84. The molecule has 1 aromatic carbocycles. The Hall–Kier alpha value is -2.11. The van der Waals surface area contributed by atoms with E-state index in [0.717, 1.165) is 12.8 Å². The fraction of sp³-hybridized carbons (Fsp3) is 0.500. The minimum absolute atomic E-state index is 0.186. The van der Waals surface area contributed by atoms with Crippen LogP contribution in [0.15, 0.2) is 24.3 Å². The van der Waals surface area contributed by atoms with E-state index in [4.69, 9.17) is 4.74 Å². The Morgan fingerprint density at radius 2 is 1.86 bits per heavy atom. The highest BCUT2D eigenvalue weighted by Gasteiger charge is 2.20. The van der Waals surface area contributed by atoms with Crippen LogP contribution in [-0.2, 0) is 9.59 Å². The Balaban J connectivity index is 1.71. The van der Waals surface area contributed by atoms with Crippen LogP contribution in [0.2, 0.25) is 0 Å². The van der Waals surface area contributed by atoms with Gasteiger partial charge in [-0.2, -0.15) is 0 Å². The van der Waals surface area contributed by atoms with Crippen molar-refractivity contribution in [2.75, 3.05) is 0 Å². The van der Waals surface area contributed by atoms with Crippen molar-refractivity contribution in [1.29, 1.82) is 0 Å². The average Bonchev–Trinajstić information content (AvgIpc) is 3.00. The normalized spacial score (nSPS) is 16.1. The second kappa shape index (κ2) is 7.77. The molecule has 2 rings (SSSR count). The topological polar surface area (TPSA) is 67.4 Å². The Kier molecular flexibility index (Phi) is 5.75. The molecule has 22 heavy (non-hydrogen) atoms. The van der Waals surface area contributed by atoms with Crippen LogP contribution in [0.3, 0.4) is 0 Å². The summed E-state index contributed by atoms with van der Waals surface area (Å²) in [7, 11) is 0. The number of hydrogen-bond donors (Lipinski definition) is 2. The first-order valence-corrected chi connectivity index (χ1v) is 7.55.